The summed E-state index contributed by atoms with van der Waals surface area (Å²) in [4.78, 5) is 0. The van der Waals surface area contributed by atoms with Crippen LogP contribution in [0.3, 0.4) is 0 Å². The van der Waals surface area contributed by atoms with Gasteiger partial charge in [0.05, 0.1) is 0 Å². The molecule has 1 unspecified atom stereocenters. The van der Waals surface area contributed by atoms with Crippen molar-refractivity contribution >= 4 is 8.80 Å². The van der Waals surface area contributed by atoms with E-state index in [0.717, 1.165) is 19.6 Å². The minimum atomic E-state index is -0.690. The number of rotatable bonds is 5. The molecule has 1 rings (SSSR count). The van der Waals surface area contributed by atoms with Crippen LogP contribution < -0.4 is 0 Å². The Morgan fingerprint density at radius 1 is 1.13 bits per heavy atom. The summed E-state index contributed by atoms with van der Waals surface area (Å²) in [5.74, 6) is -0.220. The van der Waals surface area contributed by atoms with Gasteiger partial charge in [0.15, 0.2) is 5.79 Å². The van der Waals surface area contributed by atoms with Gasteiger partial charge < -0.3 is 9.47 Å². The fourth-order valence-corrected chi connectivity index (χ4v) is 5.15. The molecule has 1 aliphatic rings. The Morgan fingerprint density at radius 3 is 2.20 bits per heavy atom. The van der Waals surface area contributed by atoms with Gasteiger partial charge in [-0.2, -0.15) is 0 Å². The predicted molar refractivity (Wildman–Crippen MR) is 67.1 cm³/mol. The summed E-state index contributed by atoms with van der Waals surface area (Å²) in [5.41, 5.74) is 0.700. The normalized spacial score (nSPS) is 25.8. The van der Waals surface area contributed by atoms with Crippen molar-refractivity contribution in [3.63, 3.8) is 0 Å². The smallest absolute Gasteiger partial charge is 0.168 e. The zero-order chi connectivity index (χ0) is 11.3. The van der Waals surface area contributed by atoms with Crippen LogP contribution >= 0.6 is 0 Å². The van der Waals surface area contributed by atoms with Crippen molar-refractivity contribution in [3.8, 4) is 0 Å². The fourth-order valence-electron chi connectivity index (χ4n) is 2.87. The Balaban J connectivity index is 2.77. The Hall–Kier alpha value is 0.137. The molecule has 90 valence electrons. The van der Waals surface area contributed by atoms with Gasteiger partial charge in [-0.25, -0.2) is 0 Å². The third-order valence-corrected chi connectivity index (χ3v) is 5.89. The van der Waals surface area contributed by atoms with Crippen molar-refractivity contribution in [1.29, 1.82) is 0 Å². The van der Waals surface area contributed by atoms with Gasteiger partial charge in [-0.3, -0.25) is 0 Å². The minimum absolute atomic E-state index is 0.220. The molecule has 0 aromatic rings. The molecule has 0 heterocycles. The van der Waals surface area contributed by atoms with E-state index in [9.17, 15) is 0 Å². The molecule has 1 saturated carbocycles. The summed E-state index contributed by atoms with van der Waals surface area (Å²) < 4.78 is 12.0. The SMILES string of the molecule is CCOC1(OCC)CCCCC1[SiH](C)C. The van der Waals surface area contributed by atoms with Crippen molar-refractivity contribution in [2.24, 2.45) is 0 Å². The molecule has 15 heavy (non-hydrogen) atoms. The molecule has 0 saturated heterocycles. The highest BCUT2D eigenvalue weighted by Crippen LogP contribution is 2.43. The van der Waals surface area contributed by atoms with Gasteiger partial charge in [-0.05, 0) is 26.7 Å². The van der Waals surface area contributed by atoms with Crippen LogP contribution in [0.2, 0.25) is 18.6 Å². The zero-order valence-corrected chi connectivity index (χ0v) is 11.9. The van der Waals surface area contributed by atoms with Gasteiger partial charge >= 0.3 is 0 Å². The van der Waals surface area contributed by atoms with Crippen molar-refractivity contribution in [2.75, 3.05) is 13.2 Å². The predicted octanol–water partition coefficient (Wildman–Crippen LogP) is 3.19. The first kappa shape index (κ1) is 13.2. The Bertz CT molecular complexity index is 171. The molecule has 0 aromatic heterocycles. The zero-order valence-electron chi connectivity index (χ0n) is 10.7. The molecule has 2 nitrogen and oxygen atoms in total. The van der Waals surface area contributed by atoms with E-state index in [2.05, 4.69) is 26.9 Å². The van der Waals surface area contributed by atoms with Gasteiger partial charge in [0, 0.05) is 34.0 Å². The van der Waals surface area contributed by atoms with E-state index in [1.165, 1.54) is 19.3 Å². The van der Waals surface area contributed by atoms with Crippen molar-refractivity contribution < 1.29 is 9.47 Å². The summed E-state index contributed by atoms with van der Waals surface area (Å²) in [5, 5.41) is 0. The van der Waals surface area contributed by atoms with Crippen molar-refractivity contribution in [3.05, 3.63) is 0 Å². The summed E-state index contributed by atoms with van der Waals surface area (Å²) in [6.45, 7) is 10.5. The lowest BCUT2D eigenvalue weighted by molar-refractivity contribution is -0.247. The monoisotopic (exact) mass is 230 g/mol. The molecule has 1 fully saturated rings. The molecule has 0 N–H and O–H groups in total. The van der Waals surface area contributed by atoms with Gasteiger partial charge in [-0.1, -0.05) is 19.5 Å². The average Bonchev–Trinajstić information content (AvgIpc) is 2.18. The largest absolute Gasteiger partial charge is 0.350 e. The average molecular weight is 230 g/mol. The minimum Gasteiger partial charge on any atom is -0.350 e. The van der Waals surface area contributed by atoms with Crippen LogP contribution in [0, 0.1) is 0 Å². The number of hydrogen-bond donors (Lipinski definition) is 0. The Morgan fingerprint density at radius 2 is 1.73 bits per heavy atom. The van der Waals surface area contributed by atoms with Crippen molar-refractivity contribution in [1.82, 2.24) is 0 Å². The Kier molecular flexibility index (Phi) is 5.30. The van der Waals surface area contributed by atoms with E-state index < -0.39 is 8.80 Å². The van der Waals surface area contributed by atoms with Crippen LogP contribution in [-0.4, -0.2) is 27.8 Å². The lowest BCUT2D eigenvalue weighted by Crippen LogP contribution is -2.47. The maximum atomic E-state index is 6.00. The topological polar surface area (TPSA) is 18.5 Å². The lowest BCUT2D eigenvalue weighted by atomic mass is 9.93. The second-order valence-corrected chi connectivity index (χ2v) is 8.07. The molecule has 0 amide bonds. The molecule has 0 aliphatic heterocycles. The highest BCUT2D eigenvalue weighted by molar-refractivity contribution is 6.57. The van der Waals surface area contributed by atoms with Gasteiger partial charge in [0.25, 0.3) is 0 Å². The fraction of sp³-hybridized carbons (Fsp3) is 1.00. The first-order valence-electron chi connectivity index (χ1n) is 6.44. The molecule has 0 aromatic carbocycles. The maximum Gasteiger partial charge on any atom is 0.168 e. The summed E-state index contributed by atoms with van der Waals surface area (Å²) in [6.07, 6.45) is 5.03. The van der Waals surface area contributed by atoms with Crippen LogP contribution in [-0.2, 0) is 9.47 Å². The third-order valence-electron chi connectivity index (χ3n) is 3.44. The van der Waals surface area contributed by atoms with Gasteiger partial charge in [0.1, 0.15) is 0 Å². The summed E-state index contributed by atoms with van der Waals surface area (Å²) >= 11 is 0. The number of hydrogen-bond acceptors (Lipinski definition) is 2. The Labute approximate surface area is 96.0 Å². The van der Waals surface area contributed by atoms with Crippen molar-refractivity contribution in [2.45, 2.75) is 64.0 Å². The first-order valence-corrected chi connectivity index (χ1v) is 9.41. The highest BCUT2D eigenvalue weighted by atomic mass is 28.3. The van der Waals surface area contributed by atoms with Gasteiger partial charge in [0.2, 0.25) is 0 Å². The van der Waals surface area contributed by atoms with Crippen LogP contribution in [0.25, 0.3) is 0 Å². The van der Waals surface area contributed by atoms with E-state index in [-0.39, 0.29) is 5.79 Å². The second-order valence-electron chi connectivity index (χ2n) is 4.77. The summed E-state index contributed by atoms with van der Waals surface area (Å²) in [7, 11) is -0.690. The molecule has 0 bridgehead atoms. The molecule has 1 aliphatic carbocycles. The molecule has 0 spiro atoms. The quantitative estimate of drug-likeness (QED) is 0.533. The van der Waals surface area contributed by atoms with Crippen LogP contribution in [0.1, 0.15) is 39.5 Å². The van der Waals surface area contributed by atoms with E-state index >= 15 is 0 Å². The molecular formula is C12H26O2Si. The number of ether oxygens (including phenoxy) is 2. The van der Waals surface area contributed by atoms with Crippen LogP contribution in [0.4, 0.5) is 0 Å². The van der Waals surface area contributed by atoms with E-state index in [1.54, 1.807) is 0 Å². The van der Waals surface area contributed by atoms with Crippen LogP contribution in [0.15, 0.2) is 0 Å². The first-order chi connectivity index (χ1) is 7.16. The maximum absolute atomic E-state index is 6.00. The van der Waals surface area contributed by atoms with Crippen LogP contribution in [0.5, 0.6) is 0 Å². The van der Waals surface area contributed by atoms with E-state index in [0.29, 0.717) is 5.54 Å². The summed E-state index contributed by atoms with van der Waals surface area (Å²) in [6, 6.07) is 0. The molecule has 0 radical (unpaired) electrons. The molecular weight excluding hydrogens is 204 g/mol. The lowest BCUT2D eigenvalue weighted by Gasteiger charge is -2.45. The van der Waals surface area contributed by atoms with E-state index in [4.69, 9.17) is 9.47 Å². The standard InChI is InChI=1S/C12H26O2Si/c1-5-13-12(14-6-2)10-8-7-9-11(12)15(3)4/h11,15H,5-10H2,1-4H3. The third kappa shape index (κ3) is 3.05. The second kappa shape index (κ2) is 6.02. The molecule has 3 heteroatoms. The van der Waals surface area contributed by atoms with E-state index in [1.807, 2.05) is 0 Å². The molecule has 1 atom stereocenters. The van der Waals surface area contributed by atoms with Gasteiger partial charge in [-0.15, -0.1) is 0 Å². The highest BCUT2D eigenvalue weighted by Gasteiger charge is 2.43.